The van der Waals surface area contributed by atoms with Crippen LogP contribution in [0.4, 0.5) is 26.3 Å². The summed E-state index contributed by atoms with van der Waals surface area (Å²) in [7, 11) is 0. The van der Waals surface area contributed by atoms with Crippen LogP contribution in [0.1, 0.15) is 60.3 Å². The van der Waals surface area contributed by atoms with Crippen molar-refractivity contribution in [3.05, 3.63) is 0 Å². The molecule has 1 unspecified atom stereocenters. The molecule has 24 heavy (non-hydrogen) atoms. The first-order valence-corrected chi connectivity index (χ1v) is 7.83. The Hall–Kier alpha value is -0.950. The molecule has 0 amide bonds. The van der Waals surface area contributed by atoms with Crippen LogP contribution in [0.2, 0.25) is 0 Å². The maximum absolute atomic E-state index is 12.7. The molecule has 0 aromatic carbocycles. The third-order valence-corrected chi connectivity index (χ3v) is 5.42. The molecule has 0 bridgehead atoms. The average Bonchev–Trinajstić information content (AvgIpc) is 2.38. The van der Waals surface area contributed by atoms with Crippen molar-refractivity contribution in [2.45, 2.75) is 78.8 Å². The van der Waals surface area contributed by atoms with Gasteiger partial charge in [0, 0.05) is 0 Å². The summed E-state index contributed by atoms with van der Waals surface area (Å²) in [6, 6.07) is 0. The van der Waals surface area contributed by atoms with E-state index in [2.05, 4.69) is 4.74 Å². The van der Waals surface area contributed by atoms with Gasteiger partial charge in [-0.2, -0.15) is 26.3 Å². The number of carbonyl (C=O) groups excluding carboxylic acids is 1. The third-order valence-electron chi connectivity index (χ3n) is 5.42. The quantitative estimate of drug-likeness (QED) is 0.466. The zero-order chi connectivity index (χ0) is 19.2. The highest BCUT2D eigenvalue weighted by Crippen LogP contribution is 2.62. The zero-order valence-electron chi connectivity index (χ0n) is 14.5. The fourth-order valence-electron chi connectivity index (χ4n) is 3.19. The number of alkyl halides is 6. The first-order chi connectivity index (χ1) is 10.5. The number of carbonyl (C=O) groups is 1. The fourth-order valence-corrected chi connectivity index (χ4v) is 3.19. The number of ether oxygens (including phenoxy) is 1. The van der Waals surface area contributed by atoms with Crippen LogP contribution in [0.25, 0.3) is 0 Å². The van der Waals surface area contributed by atoms with E-state index in [1.54, 1.807) is 13.8 Å². The van der Waals surface area contributed by atoms with Gasteiger partial charge in [0.15, 0.2) is 0 Å². The van der Waals surface area contributed by atoms with Gasteiger partial charge in [-0.25, -0.2) is 0 Å². The molecule has 8 heteroatoms. The lowest BCUT2D eigenvalue weighted by atomic mass is 9.47. The lowest BCUT2D eigenvalue weighted by Crippen LogP contribution is -2.58. The van der Waals surface area contributed by atoms with Gasteiger partial charge in [-0.1, -0.05) is 41.0 Å². The van der Waals surface area contributed by atoms with E-state index >= 15 is 0 Å². The van der Waals surface area contributed by atoms with Crippen molar-refractivity contribution in [3.8, 4) is 0 Å². The third kappa shape index (κ3) is 3.99. The summed E-state index contributed by atoms with van der Waals surface area (Å²) in [6.07, 6.45) is -13.9. The first-order valence-electron chi connectivity index (χ1n) is 7.83. The number of hydrogen-bond donors (Lipinski definition) is 0. The predicted octanol–water partition coefficient (Wildman–Crippen LogP) is 5.66. The minimum absolute atomic E-state index is 0.185. The molecule has 1 aliphatic carbocycles. The van der Waals surface area contributed by atoms with E-state index in [1.807, 2.05) is 20.8 Å². The van der Waals surface area contributed by atoms with Crippen LogP contribution in [-0.4, -0.2) is 24.4 Å². The van der Waals surface area contributed by atoms with Crippen LogP contribution < -0.4 is 0 Å². The van der Waals surface area contributed by atoms with E-state index in [-0.39, 0.29) is 12.8 Å². The van der Waals surface area contributed by atoms with Gasteiger partial charge in [0.2, 0.25) is 0 Å². The Morgan fingerprint density at radius 3 is 1.75 bits per heavy atom. The molecule has 0 heterocycles. The molecule has 142 valence electrons. The van der Waals surface area contributed by atoms with Crippen LogP contribution >= 0.6 is 0 Å². The van der Waals surface area contributed by atoms with Gasteiger partial charge >= 0.3 is 18.3 Å². The minimum atomic E-state index is -5.69. The summed E-state index contributed by atoms with van der Waals surface area (Å²) < 4.78 is 80.1. The summed E-state index contributed by atoms with van der Waals surface area (Å²) in [4.78, 5) is 12.4. The fraction of sp³-hybridized carbons (Fsp3) is 0.938. The van der Waals surface area contributed by atoms with E-state index in [1.165, 1.54) is 0 Å². The Bertz CT molecular complexity index is 464. The molecule has 1 rings (SSSR count). The average molecular weight is 362 g/mol. The van der Waals surface area contributed by atoms with E-state index in [0.717, 1.165) is 0 Å². The van der Waals surface area contributed by atoms with Crippen molar-refractivity contribution in [1.82, 2.24) is 0 Å². The van der Waals surface area contributed by atoms with Gasteiger partial charge in [0.25, 0.3) is 6.10 Å². The largest absolute Gasteiger partial charge is 0.442 e. The van der Waals surface area contributed by atoms with Gasteiger partial charge in [0.05, 0.1) is 5.41 Å². The summed E-state index contributed by atoms with van der Waals surface area (Å²) in [5.74, 6) is -1.40. The monoisotopic (exact) mass is 362 g/mol. The summed E-state index contributed by atoms with van der Waals surface area (Å²) in [5, 5.41) is 0. The highest BCUT2D eigenvalue weighted by Gasteiger charge is 2.65. The Kier molecular flexibility index (Phi) is 5.35. The molecule has 0 saturated heterocycles. The lowest BCUT2D eigenvalue weighted by Gasteiger charge is -2.56. The molecule has 1 saturated carbocycles. The topological polar surface area (TPSA) is 26.3 Å². The maximum atomic E-state index is 12.7. The second-order valence-electron chi connectivity index (χ2n) is 8.03. The van der Waals surface area contributed by atoms with E-state index in [4.69, 9.17) is 0 Å². The van der Waals surface area contributed by atoms with Crippen LogP contribution in [0.15, 0.2) is 0 Å². The molecule has 1 atom stereocenters. The highest BCUT2D eigenvalue weighted by atomic mass is 19.4. The molecule has 0 radical (unpaired) electrons. The minimum Gasteiger partial charge on any atom is -0.442 e. The molecule has 2 nitrogen and oxygen atoms in total. The Morgan fingerprint density at radius 2 is 1.50 bits per heavy atom. The highest BCUT2D eigenvalue weighted by molar-refractivity contribution is 5.79. The van der Waals surface area contributed by atoms with E-state index in [9.17, 15) is 31.1 Å². The molecule has 0 aromatic rings. The number of hydrogen-bond acceptors (Lipinski definition) is 2. The van der Waals surface area contributed by atoms with Gasteiger partial charge < -0.3 is 4.74 Å². The Balaban J connectivity index is 3.15. The van der Waals surface area contributed by atoms with Gasteiger partial charge in [-0.3, -0.25) is 4.79 Å². The van der Waals surface area contributed by atoms with Gasteiger partial charge in [0.1, 0.15) is 0 Å². The molecule has 0 aliphatic heterocycles. The second kappa shape index (κ2) is 6.09. The van der Waals surface area contributed by atoms with Crippen molar-refractivity contribution >= 4 is 5.97 Å². The summed E-state index contributed by atoms with van der Waals surface area (Å²) in [6.45, 7) is 8.89. The lowest BCUT2D eigenvalue weighted by molar-refractivity contribution is -0.319. The SMILES string of the molecule is CCC(C)(C)CC1(C(=O)OC(C(F)(F)F)C(F)(F)F)CCC1(C)C. The molecular weight excluding hydrogens is 338 g/mol. The molecule has 0 N–H and O–H groups in total. The molecule has 1 aliphatic rings. The number of esters is 1. The first kappa shape index (κ1) is 21.1. The van der Waals surface area contributed by atoms with Crippen LogP contribution in [0, 0.1) is 16.2 Å². The number of rotatable bonds is 5. The summed E-state index contributed by atoms with van der Waals surface area (Å²) in [5.41, 5.74) is -2.44. The van der Waals surface area contributed by atoms with Crippen molar-refractivity contribution < 1.29 is 35.9 Å². The molecular formula is C16H24F6O2. The predicted molar refractivity (Wildman–Crippen MR) is 76.1 cm³/mol. The zero-order valence-corrected chi connectivity index (χ0v) is 14.5. The maximum Gasteiger partial charge on any atom is 0.434 e. The van der Waals surface area contributed by atoms with Crippen molar-refractivity contribution in [2.24, 2.45) is 16.2 Å². The van der Waals surface area contributed by atoms with Crippen LogP contribution in [0.3, 0.4) is 0 Å². The van der Waals surface area contributed by atoms with Crippen molar-refractivity contribution in [2.75, 3.05) is 0 Å². The molecule has 0 aromatic heterocycles. The van der Waals surface area contributed by atoms with E-state index in [0.29, 0.717) is 12.8 Å². The smallest absolute Gasteiger partial charge is 0.434 e. The Labute approximate surface area is 137 Å². The van der Waals surface area contributed by atoms with Crippen LogP contribution in [0.5, 0.6) is 0 Å². The normalized spacial score (nSPS) is 24.7. The van der Waals surface area contributed by atoms with Gasteiger partial charge in [-0.05, 0) is 30.1 Å². The Morgan fingerprint density at radius 1 is 1.04 bits per heavy atom. The number of halogens is 6. The van der Waals surface area contributed by atoms with E-state index < -0.39 is 40.7 Å². The van der Waals surface area contributed by atoms with Crippen molar-refractivity contribution in [1.29, 1.82) is 0 Å². The van der Waals surface area contributed by atoms with Gasteiger partial charge in [-0.15, -0.1) is 0 Å². The summed E-state index contributed by atoms with van der Waals surface area (Å²) >= 11 is 0. The standard InChI is InChI=1S/C16H24F6O2/c1-6-12(2,3)9-14(8-7-13(14,4)5)11(23)24-10(15(17,18)19)16(20,21)22/h10H,6-9H2,1-5H3. The van der Waals surface area contributed by atoms with Crippen LogP contribution in [-0.2, 0) is 9.53 Å². The molecule has 1 fully saturated rings. The molecule has 0 spiro atoms. The van der Waals surface area contributed by atoms with Crippen molar-refractivity contribution in [3.63, 3.8) is 0 Å². The second-order valence-corrected chi connectivity index (χ2v) is 8.03.